The largest absolute Gasteiger partial charge is 0.442 e. The second-order valence-electron chi connectivity index (χ2n) is 6.92. The number of carbonyl (C=O) groups is 1. The Morgan fingerprint density at radius 3 is 2.90 bits per heavy atom. The van der Waals surface area contributed by atoms with Gasteiger partial charge in [-0.2, -0.15) is 13.8 Å². The first kappa shape index (κ1) is 21.3. The molecule has 0 radical (unpaired) electrons. The standard InChI is InChI=1S/C18H22F3N3O5/c19-14-12(10-25)29-15(18(14,20)21)24-9-8-13(22-16(24)26)23-17(27)28-11-6-4-2-1-3-5-7-11/h4,6,8-9,11-12,14-15,25H,1-3,5,7,10H2,(H,22,23,26,27)/b6-4+/t11?,12-,14?,15-/m1/s1. The second kappa shape index (κ2) is 8.95. The molecule has 0 bridgehead atoms. The molecule has 1 fully saturated rings. The van der Waals surface area contributed by atoms with Crippen LogP contribution in [0.4, 0.5) is 23.8 Å². The molecular formula is C18H22F3N3O5. The second-order valence-corrected chi connectivity index (χ2v) is 6.92. The van der Waals surface area contributed by atoms with Gasteiger partial charge in [-0.05, 0) is 37.8 Å². The van der Waals surface area contributed by atoms with Crippen LogP contribution in [0.2, 0.25) is 0 Å². The summed E-state index contributed by atoms with van der Waals surface area (Å²) in [6.45, 7) is -0.962. The van der Waals surface area contributed by atoms with Gasteiger partial charge in [-0.1, -0.05) is 12.5 Å². The van der Waals surface area contributed by atoms with E-state index in [0.717, 1.165) is 37.9 Å². The molecule has 8 nitrogen and oxygen atoms in total. The number of ether oxygens (including phenoxy) is 2. The van der Waals surface area contributed by atoms with Crippen LogP contribution in [0, 0.1) is 0 Å². The number of anilines is 1. The van der Waals surface area contributed by atoms with Crippen molar-refractivity contribution < 1.29 is 32.5 Å². The third kappa shape index (κ3) is 4.78. The van der Waals surface area contributed by atoms with Crippen molar-refractivity contribution in [2.45, 2.75) is 62.6 Å². The lowest BCUT2D eigenvalue weighted by molar-refractivity contribution is -0.130. The van der Waals surface area contributed by atoms with Crippen LogP contribution in [0.25, 0.3) is 0 Å². The summed E-state index contributed by atoms with van der Waals surface area (Å²) in [4.78, 5) is 27.6. The predicted molar refractivity (Wildman–Crippen MR) is 95.5 cm³/mol. The summed E-state index contributed by atoms with van der Waals surface area (Å²) in [5.41, 5.74) is -1.18. The molecule has 4 atom stereocenters. The Morgan fingerprint density at radius 2 is 2.21 bits per heavy atom. The van der Waals surface area contributed by atoms with Gasteiger partial charge in [-0.15, -0.1) is 0 Å². The first-order valence-electron chi connectivity index (χ1n) is 9.34. The zero-order chi connectivity index (χ0) is 21.0. The van der Waals surface area contributed by atoms with E-state index in [0.29, 0.717) is 11.0 Å². The maximum absolute atomic E-state index is 14.0. The zero-order valence-electron chi connectivity index (χ0n) is 15.5. The van der Waals surface area contributed by atoms with Gasteiger partial charge in [0.2, 0.25) is 6.23 Å². The lowest BCUT2D eigenvalue weighted by Crippen LogP contribution is -2.39. The number of carbonyl (C=O) groups excluding carboxylic acids is 1. The smallest absolute Gasteiger partial charge is 0.413 e. The lowest BCUT2D eigenvalue weighted by atomic mass is 10.0. The maximum atomic E-state index is 14.0. The van der Waals surface area contributed by atoms with Gasteiger partial charge in [0, 0.05) is 6.20 Å². The predicted octanol–water partition coefficient (Wildman–Crippen LogP) is 2.54. The molecule has 1 aromatic rings. The van der Waals surface area contributed by atoms with Gasteiger partial charge in [0.15, 0.2) is 6.17 Å². The number of aromatic nitrogens is 2. The average molecular weight is 417 g/mol. The Bertz CT molecular complexity index is 816. The van der Waals surface area contributed by atoms with Crippen molar-refractivity contribution >= 4 is 11.9 Å². The van der Waals surface area contributed by atoms with Crippen LogP contribution < -0.4 is 11.0 Å². The number of rotatable bonds is 4. The number of nitrogens with zero attached hydrogens (tertiary/aromatic N) is 2. The molecule has 2 N–H and O–H groups in total. The Hall–Kier alpha value is -2.40. The van der Waals surface area contributed by atoms with Crippen molar-refractivity contribution in [1.29, 1.82) is 0 Å². The molecule has 0 aromatic carbocycles. The summed E-state index contributed by atoms with van der Waals surface area (Å²) in [5.74, 6) is -4.24. The number of aliphatic hydroxyl groups excluding tert-OH is 1. The van der Waals surface area contributed by atoms with E-state index < -0.39 is 48.9 Å². The summed E-state index contributed by atoms with van der Waals surface area (Å²) >= 11 is 0. The van der Waals surface area contributed by atoms with E-state index in [1.54, 1.807) is 6.08 Å². The highest BCUT2D eigenvalue weighted by Gasteiger charge is 2.60. The molecule has 3 rings (SSSR count). The van der Waals surface area contributed by atoms with Crippen molar-refractivity contribution in [1.82, 2.24) is 9.55 Å². The summed E-state index contributed by atoms with van der Waals surface area (Å²) < 4.78 is 52.3. The van der Waals surface area contributed by atoms with Crippen LogP contribution in [0.1, 0.15) is 38.3 Å². The van der Waals surface area contributed by atoms with Gasteiger partial charge in [-0.25, -0.2) is 14.0 Å². The van der Waals surface area contributed by atoms with Crippen molar-refractivity contribution in [3.05, 3.63) is 34.9 Å². The van der Waals surface area contributed by atoms with Crippen molar-refractivity contribution in [3.8, 4) is 0 Å². The van der Waals surface area contributed by atoms with Crippen molar-refractivity contribution in [2.24, 2.45) is 0 Å². The molecule has 1 aliphatic heterocycles. The Morgan fingerprint density at radius 1 is 1.41 bits per heavy atom. The fourth-order valence-electron chi connectivity index (χ4n) is 3.26. The topological polar surface area (TPSA) is 103 Å². The third-order valence-electron chi connectivity index (χ3n) is 4.79. The van der Waals surface area contributed by atoms with Crippen molar-refractivity contribution in [2.75, 3.05) is 11.9 Å². The van der Waals surface area contributed by atoms with E-state index in [-0.39, 0.29) is 5.82 Å². The summed E-state index contributed by atoms with van der Waals surface area (Å²) in [6, 6.07) is 1.09. The van der Waals surface area contributed by atoms with E-state index in [9.17, 15) is 22.8 Å². The molecule has 1 aromatic heterocycles. The molecule has 1 aliphatic carbocycles. The number of aliphatic hydroxyl groups is 1. The van der Waals surface area contributed by atoms with Crippen LogP contribution in [0.15, 0.2) is 29.2 Å². The molecule has 160 valence electrons. The number of nitrogens with one attached hydrogen (secondary N) is 1. The van der Waals surface area contributed by atoms with E-state index in [2.05, 4.69) is 10.3 Å². The Kier molecular flexibility index (Phi) is 6.58. The first-order valence-corrected chi connectivity index (χ1v) is 9.34. The fourth-order valence-corrected chi connectivity index (χ4v) is 3.26. The number of allylic oxidation sites excluding steroid dienone is 1. The van der Waals surface area contributed by atoms with Crippen LogP contribution in [-0.4, -0.2) is 51.7 Å². The highest BCUT2D eigenvalue weighted by Crippen LogP contribution is 2.43. The molecule has 2 aliphatic rings. The minimum atomic E-state index is -4.03. The SMILES string of the molecule is O=C(Nc1ccn([C@@H]2O[C@H](CO)C(F)C2(F)F)c(=O)n1)OC1/C=C/CCCCC1. The van der Waals surface area contributed by atoms with E-state index in [4.69, 9.17) is 14.6 Å². The highest BCUT2D eigenvalue weighted by atomic mass is 19.3. The van der Waals surface area contributed by atoms with E-state index >= 15 is 0 Å². The summed E-state index contributed by atoms with van der Waals surface area (Å²) in [7, 11) is 0. The molecular weight excluding hydrogens is 395 g/mol. The molecule has 11 heteroatoms. The maximum Gasteiger partial charge on any atom is 0.413 e. The Labute approximate surface area is 164 Å². The van der Waals surface area contributed by atoms with Crippen LogP contribution >= 0.6 is 0 Å². The van der Waals surface area contributed by atoms with Crippen molar-refractivity contribution in [3.63, 3.8) is 0 Å². The van der Waals surface area contributed by atoms with E-state index in [1.165, 1.54) is 0 Å². The monoisotopic (exact) mass is 417 g/mol. The lowest BCUT2D eigenvalue weighted by Gasteiger charge is -2.20. The molecule has 1 saturated heterocycles. The quantitative estimate of drug-likeness (QED) is 0.730. The van der Waals surface area contributed by atoms with Gasteiger partial charge in [0.05, 0.1) is 6.61 Å². The molecule has 0 spiro atoms. The normalized spacial score (nSPS) is 30.2. The number of amides is 1. The van der Waals surface area contributed by atoms with Crippen LogP contribution in [0.3, 0.4) is 0 Å². The van der Waals surface area contributed by atoms with Gasteiger partial charge in [0.25, 0.3) is 0 Å². The number of hydrogen-bond donors (Lipinski definition) is 2. The fraction of sp³-hybridized carbons (Fsp3) is 0.611. The number of halogens is 3. The Balaban J connectivity index is 1.67. The molecule has 2 unspecified atom stereocenters. The van der Waals surface area contributed by atoms with Crippen LogP contribution in [-0.2, 0) is 9.47 Å². The summed E-state index contributed by atoms with van der Waals surface area (Å²) in [6.07, 6.45) is 1.24. The zero-order valence-corrected chi connectivity index (χ0v) is 15.5. The molecule has 0 saturated carbocycles. The minimum Gasteiger partial charge on any atom is -0.442 e. The average Bonchev–Trinajstić information content (AvgIpc) is 2.87. The first-order chi connectivity index (χ1) is 13.8. The number of hydrogen-bond acceptors (Lipinski definition) is 6. The third-order valence-corrected chi connectivity index (χ3v) is 4.79. The van der Waals surface area contributed by atoms with Gasteiger partial charge < -0.3 is 14.6 Å². The van der Waals surface area contributed by atoms with Gasteiger partial charge >= 0.3 is 17.7 Å². The molecule has 2 heterocycles. The number of alkyl halides is 3. The molecule has 29 heavy (non-hydrogen) atoms. The highest BCUT2D eigenvalue weighted by molar-refractivity contribution is 5.83. The van der Waals surface area contributed by atoms with Crippen LogP contribution in [0.5, 0.6) is 0 Å². The van der Waals surface area contributed by atoms with E-state index in [1.807, 2.05) is 6.08 Å². The van der Waals surface area contributed by atoms with Gasteiger partial charge in [0.1, 0.15) is 18.0 Å². The van der Waals surface area contributed by atoms with Gasteiger partial charge in [-0.3, -0.25) is 9.88 Å². The molecule has 1 amide bonds. The minimum absolute atomic E-state index is 0.206. The summed E-state index contributed by atoms with van der Waals surface area (Å²) in [5, 5.41) is 11.2.